The van der Waals surface area contributed by atoms with Crippen molar-refractivity contribution in [1.29, 1.82) is 0 Å². The molecule has 2 aliphatic rings. The standard InChI is InChI=1S/C15H28N2O2/c1-5-11-7-8-17(10-11)13(18)15(16)9-12(19-6-2)14(15,3)4/h11-12H,5-10,16H2,1-4H3. The summed E-state index contributed by atoms with van der Waals surface area (Å²) in [6.45, 7) is 10.7. The monoisotopic (exact) mass is 268 g/mol. The van der Waals surface area contributed by atoms with Gasteiger partial charge in [0, 0.05) is 31.5 Å². The van der Waals surface area contributed by atoms with Gasteiger partial charge in [0.05, 0.1) is 6.10 Å². The molecule has 1 aliphatic carbocycles. The van der Waals surface area contributed by atoms with Crippen molar-refractivity contribution in [2.45, 2.75) is 58.6 Å². The molecule has 1 aliphatic heterocycles. The lowest BCUT2D eigenvalue weighted by Gasteiger charge is -2.58. The molecule has 2 N–H and O–H groups in total. The first kappa shape index (κ1) is 14.8. The highest BCUT2D eigenvalue weighted by atomic mass is 16.5. The van der Waals surface area contributed by atoms with Crippen molar-refractivity contribution >= 4 is 5.91 Å². The van der Waals surface area contributed by atoms with Crippen LogP contribution in [0.2, 0.25) is 0 Å². The van der Waals surface area contributed by atoms with E-state index < -0.39 is 5.54 Å². The largest absolute Gasteiger partial charge is 0.378 e. The van der Waals surface area contributed by atoms with E-state index in [1.165, 1.54) is 0 Å². The molecule has 19 heavy (non-hydrogen) atoms. The zero-order chi connectivity index (χ0) is 14.3. The smallest absolute Gasteiger partial charge is 0.243 e. The van der Waals surface area contributed by atoms with E-state index in [-0.39, 0.29) is 17.4 Å². The van der Waals surface area contributed by atoms with Gasteiger partial charge in [0.25, 0.3) is 0 Å². The molecule has 0 aromatic rings. The first-order chi connectivity index (χ1) is 8.86. The fourth-order valence-corrected chi connectivity index (χ4v) is 3.43. The quantitative estimate of drug-likeness (QED) is 0.845. The molecule has 4 nitrogen and oxygen atoms in total. The SMILES string of the molecule is CCOC1CC(N)(C(=O)N2CCC(CC)C2)C1(C)C. The van der Waals surface area contributed by atoms with Gasteiger partial charge in [-0.25, -0.2) is 0 Å². The summed E-state index contributed by atoms with van der Waals surface area (Å²) in [4.78, 5) is 14.7. The summed E-state index contributed by atoms with van der Waals surface area (Å²) in [7, 11) is 0. The number of carbonyl (C=O) groups is 1. The number of hydrogen-bond donors (Lipinski definition) is 1. The molecular weight excluding hydrogens is 240 g/mol. The molecule has 110 valence electrons. The van der Waals surface area contributed by atoms with Gasteiger partial charge in [-0.2, -0.15) is 0 Å². The van der Waals surface area contributed by atoms with E-state index in [9.17, 15) is 4.79 Å². The minimum atomic E-state index is -0.741. The molecule has 0 aromatic heterocycles. The third kappa shape index (κ3) is 2.19. The van der Waals surface area contributed by atoms with Crippen molar-refractivity contribution in [3.05, 3.63) is 0 Å². The molecule has 3 unspecified atom stereocenters. The average Bonchev–Trinajstić information content (AvgIpc) is 2.86. The van der Waals surface area contributed by atoms with Gasteiger partial charge >= 0.3 is 0 Å². The van der Waals surface area contributed by atoms with E-state index >= 15 is 0 Å². The van der Waals surface area contributed by atoms with E-state index in [4.69, 9.17) is 10.5 Å². The summed E-state index contributed by atoms with van der Waals surface area (Å²) in [5.74, 6) is 0.780. The van der Waals surface area contributed by atoms with Gasteiger partial charge < -0.3 is 15.4 Å². The Morgan fingerprint density at radius 3 is 2.58 bits per heavy atom. The Bertz CT molecular complexity index is 356. The Hall–Kier alpha value is -0.610. The normalized spacial score (nSPS) is 37.2. The van der Waals surface area contributed by atoms with E-state index in [0.29, 0.717) is 18.9 Å². The van der Waals surface area contributed by atoms with Gasteiger partial charge in [-0.3, -0.25) is 4.79 Å². The number of rotatable bonds is 4. The molecule has 2 rings (SSSR count). The Balaban J connectivity index is 2.04. The zero-order valence-corrected chi connectivity index (χ0v) is 12.7. The zero-order valence-electron chi connectivity index (χ0n) is 12.7. The Morgan fingerprint density at radius 2 is 2.11 bits per heavy atom. The van der Waals surface area contributed by atoms with Gasteiger partial charge in [0.1, 0.15) is 5.54 Å². The molecule has 0 aromatic carbocycles. The Kier molecular flexibility index (Phi) is 3.94. The maximum atomic E-state index is 12.7. The molecule has 3 atom stereocenters. The number of carbonyl (C=O) groups excluding carboxylic acids is 1. The van der Waals surface area contributed by atoms with Gasteiger partial charge in [0.2, 0.25) is 5.91 Å². The molecule has 4 heteroatoms. The summed E-state index contributed by atoms with van der Waals surface area (Å²) in [6.07, 6.45) is 3.02. The molecule has 2 fully saturated rings. The molecular formula is C15H28N2O2. The highest BCUT2D eigenvalue weighted by molar-refractivity contribution is 5.89. The maximum Gasteiger partial charge on any atom is 0.243 e. The molecule has 0 bridgehead atoms. The number of amides is 1. The van der Waals surface area contributed by atoms with Crippen molar-refractivity contribution in [2.24, 2.45) is 17.1 Å². The van der Waals surface area contributed by atoms with Crippen LogP contribution in [0.3, 0.4) is 0 Å². The highest BCUT2D eigenvalue weighted by Crippen LogP contribution is 2.50. The predicted molar refractivity (Wildman–Crippen MR) is 75.7 cm³/mol. The average molecular weight is 268 g/mol. The molecule has 0 spiro atoms. The highest BCUT2D eigenvalue weighted by Gasteiger charge is 2.63. The van der Waals surface area contributed by atoms with Crippen LogP contribution >= 0.6 is 0 Å². The molecule has 1 saturated carbocycles. The topological polar surface area (TPSA) is 55.6 Å². The summed E-state index contributed by atoms with van der Waals surface area (Å²) in [6, 6.07) is 0. The van der Waals surface area contributed by atoms with Crippen LogP contribution in [0, 0.1) is 11.3 Å². The fourth-order valence-electron chi connectivity index (χ4n) is 3.43. The van der Waals surface area contributed by atoms with Gasteiger partial charge in [-0.15, -0.1) is 0 Å². The maximum absolute atomic E-state index is 12.7. The molecule has 1 saturated heterocycles. The van der Waals surface area contributed by atoms with Crippen LogP contribution < -0.4 is 5.73 Å². The summed E-state index contributed by atoms with van der Waals surface area (Å²) < 4.78 is 5.69. The first-order valence-electron chi connectivity index (χ1n) is 7.56. The number of likely N-dealkylation sites (tertiary alicyclic amines) is 1. The van der Waals surface area contributed by atoms with Gasteiger partial charge in [-0.1, -0.05) is 27.2 Å². The Labute approximate surface area is 116 Å². The third-order valence-corrected chi connectivity index (χ3v) is 5.36. The van der Waals surface area contributed by atoms with E-state index in [0.717, 1.165) is 25.9 Å². The second-order valence-electron chi connectivity index (χ2n) is 6.66. The van der Waals surface area contributed by atoms with E-state index in [2.05, 4.69) is 20.8 Å². The van der Waals surface area contributed by atoms with Crippen LogP contribution in [0.4, 0.5) is 0 Å². The number of ether oxygens (including phenoxy) is 1. The lowest BCUT2D eigenvalue weighted by molar-refractivity contribution is -0.178. The van der Waals surface area contributed by atoms with E-state index in [1.807, 2.05) is 11.8 Å². The summed E-state index contributed by atoms with van der Waals surface area (Å²) in [5.41, 5.74) is 5.43. The van der Waals surface area contributed by atoms with Crippen LogP contribution in [-0.2, 0) is 9.53 Å². The second-order valence-corrected chi connectivity index (χ2v) is 6.66. The lowest BCUT2D eigenvalue weighted by Crippen LogP contribution is -2.75. The fraction of sp³-hybridized carbons (Fsp3) is 0.933. The third-order valence-electron chi connectivity index (χ3n) is 5.36. The van der Waals surface area contributed by atoms with Crippen LogP contribution in [0.1, 0.15) is 47.0 Å². The minimum absolute atomic E-state index is 0.107. The summed E-state index contributed by atoms with van der Waals surface area (Å²) >= 11 is 0. The van der Waals surface area contributed by atoms with Crippen molar-refractivity contribution in [3.8, 4) is 0 Å². The first-order valence-corrected chi connectivity index (χ1v) is 7.56. The van der Waals surface area contributed by atoms with Crippen LogP contribution in [-0.4, -0.2) is 42.1 Å². The molecule has 1 heterocycles. The Morgan fingerprint density at radius 1 is 1.42 bits per heavy atom. The van der Waals surface area contributed by atoms with Gasteiger partial charge in [-0.05, 0) is 19.3 Å². The van der Waals surface area contributed by atoms with E-state index in [1.54, 1.807) is 0 Å². The number of nitrogens with two attached hydrogens (primary N) is 1. The molecule has 1 amide bonds. The summed E-state index contributed by atoms with van der Waals surface area (Å²) in [5, 5.41) is 0. The lowest BCUT2D eigenvalue weighted by atomic mass is 9.54. The van der Waals surface area contributed by atoms with Crippen LogP contribution in [0.25, 0.3) is 0 Å². The van der Waals surface area contributed by atoms with Crippen molar-refractivity contribution in [1.82, 2.24) is 4.90 Å². The predicted octanol–water partition coefficient (Wildman–Crippen LogP) is 1.78. The van der Waals surface area contributed by atoms with Crippen molar-refractivity contribution in [3.63, 3.8) is 0 Å². The minimum Gasteiger partial charge on any atom is -0.378 e. The number of nitrogens with zero attached hydrogens (tertiary/aromatic N) is 1. The number of hydrogen-bond acceptors (Lipinski definition) is 3. The molecule has 0 radical (unpaired) electrons. The van der Waals surface area contributed by atoms with Crippen LogP contribution in [0.5, 0.6) is 0 Å². The second kappa shape index (κ2) is 5.06. The van der Waals surface area contributed by atoms with Crippen molar-refractivity contribution < 1.29 is 9.53 Å². The van der Waals surface area contributed by atoms with Crippen molar-refractivity contribution in [2.75, 3.05) is 19.7 Å². The van der Waals surface area contributed by atoms with Crippen LogP contribution in [0.15, 0.2) is 0 Å². The van der Waals surface area contributed by atoms with Gasteiger partial charge in [0.15, 0.2) is 0 Å².